The predicted octanol–water partition coefficient (Wildman–Crippen LogP) is 3.68. The number of nitrogens with one attached hydrogen (secondary N) is 1. The largest absolute Gasteiger partial charge is 0.298 e. The highest BCUT2D eigenvalue weighted by atomic mass is 32.1. The molecule has 2 aromatic rings. The topological polar surface area (TPSA) is 42.0 Å². The summed E-state index contributed by atoms with van der Waals surface area (Å²) in [4.78, 5) is 17.0. The van der Waals surface area contributed by atoms with Crippen molar-refractivity contribution in [2.24, 2.45) is 0 Å². The molecule has 1 aromatic carbocycles. The first-order chi connectivity index (χ1) is 9.42. The molecule has 0 saturated carbocycles. The van der Waals surface area contributed by atoms with Crippen LogP contribution >= 0.6 is 11.3 Å². The monoisotopic (exact) mass is 300 g/mol. The van der Waals surface area contributed by atoms with Crippen molar-refractivity contribution in [1.29, 1.82) is 0 Å². The second-order valence-corrected chi connectivity index (χ2v) is 5.29. The Morgan fingerprint density at radius 1 is 1.30 bits per heavy atom. The summed E-state index contributed by atoms with van der Waals surface area (Å²) in [6.07, 6.45) is 0.720. The Kier molecular flexibility index (Phi) is 4.08. The van der Waals surface area contributed by atoms with E-state index in [-0.39, 0.29) is 5.56 Å². The molecule has 1 aromatic heterocycles. The fourth-order valence-electron chi connectivity index (χ4n) is 1.67. The Balaban J connectivity index is 2.23. The number of thiazole rings is 1. The Morgan fingerprint density at radius 2 is 1.90 bits per heavy atom. The standard InChI is InChI=1S/C13H11F3N2OS/c1-3-10-6(2)20-13(17-10)18-12(19)7-4-8(14)11(16)9(15)5-7/h4-5H,3H2,1-2H3,(H,17,18,19). The van der Waals surface area contributed by atoms with Crippen LogP contribution < -0.4 is 5.32 Å². The van der Waals surface area contributed by atoms with Gasteiger partial charge in [-0.15, -0.1) is 11.3 Å². The quantitative estimate of drug-likeness (QED) is 0.879. The summed E-state index contributed by atoms with van der Waals surface area (Å²) in [6.45, 7) is 3.79. The number of carbonyl (C=O) groups is 1. The molecule has 0 saturated heterocycles. The molecule has 1 heterocycles. The van der Waals surface area contributed by atoms with E-state index < -0.39 is 23.4 Å². The normalized spacial score (nSPS) is 10.7. The van der Waals surface area contributed by atoms with E-state index in [4.69, 9.17) is 0 Å². The zero-order valence-electron chi connectivity index (χ0n) is 10.8. The molecule has 0 atom stereocenters. The fourth-order valence-corrected chi connectivity index (χ4v) is 2.56. The summed E-state index contributed by atoms with van der Waals surface area (Å²) < 4.78 is 38.9. The Labute approximate surface area is 117 Å². The van der Waals surface area contributed by atoms with Crippen LogP contribution in [0.3, 0.4) is 0 Å². The van der Waals surface area contributed by atoms with Crippen molar-refractivity contribution in [2.75, 3.05) is 5.32 Å². The van der Waals surface area contributed by atoms with Gasteiger partial charge in [0.05, 0.1) is 5.69 Å². The number of benzene rings is 1. The molecule has 2 rings (SSSR count). The number of hydrogen-bond acceptors (Lipinski definition) is 3. The minimum absolute atomic E-state index is 0.299. The average Bonchev–Trinajstić information content (AvgIpc) is 2.75. The number of hydrogen-bond donors (Lipinski definition) is 1. The summed E-state index contributed by atoms with van der Waals surface area (Å²) in [5.41, 5.74) is 0.550. The van der Waals surface area contributed by atoms with E-state index in [9.17, 15) is 18.0 Å². The highest BCUT2D eigenvalue weighted by Crippen LogP contribution is 2.23. The molecule has 3 nitrogen and oxygen atoms in total. The average molecular weight is 300 g/mol. The molecular weight excluding hydrogens is 289 g/mol. The summed E-state index contributed by atoms with van der Waals surface area (Å²) in [7, 11) is 0. The molecule has 0 fully saturated rings. The second kappa shape index (κ2) is 5.62. The maximum Gasteiger partial charge on any atom is 0.257 e. The highest BCUT2D eigenvalue weighted by molar-refractivity contribution is 7.15. The van der Waals surface area contributed by atoms with Crippen molar-refractivity contribution in [2.45, 2.75) is 20.3 Å². The van der Waals surface area contributed by atoms with Gasteiger partial charge in [-0.1, -0.05) is 6.92 Å². The number of amides is 1. The smallest absolute Gasteiger partial charge is 0.257 e. The van der Waals surface area contributed by atoms with Gasteiger partial charge in [0.25, 0.3) is 5.91 Å². The molecule has 0 spiro atoms. The SMILES string of the molecule is CCc1nc(NC(=O)c2cc(F)c(F)c(F)c2)sc1C. The van der Waals surface area contributed by atoms with Gasteiger partial charge in [-0.25, -0.2) is 18.2 Å². The highest BCUT2D eigenvalue weighted by Gasteiger charge is 2.16. The van der Waals surface area contributed by atoms with Crippen molar-refractivity contribution in [3.8, 4) is 0 Å². The molecule has 20 heavy (non-hydrogen) atoms. The first-order valence-corrected chi connectivity index (χ1v) is 6.66. The lowest BCUT2D eigenvalue weighted by atomic mass is 10.2. The van der Waals surface area contributed by atoms with Crippen LogP contribution in [-0.4, -0.2) is 10.9 Å². The minimum atomic E-state index is -1.60. The molecule has 0 aliphatic heterocycles. The van der Waals surface area contributed by atoms with Crippen molar-refractivity contribution < 1.29 is 18.0 Å². The van der Waals surface area contributed by atoms with Crippen LogP contribution in [0.4, 0.5) is 18.3 Å². The maximum absolute atomic E-state index is 13.1. The zero-order valence-corrected chi connectivity index (χ0v) is 11.6. The number of halogens is 3. The van der Waals surface area contributed by atoms with Crippen molar-refractivity contribution in [1.82, 2.24) is 4.98 Å². The molecule has 0 radical (unpaired) electrons. The molecule has 1 amide bonds. The lowest BCUT2D eigenvalue weighted by Gasteiger charge is -2.03. The third-order valence-corrected chi connectivity index (χ3v) is 3.62. The van der Waals surface area contributed by atoms with E-state index >= 15 is 0 Å². The van der Waals surface area contributed by atoms with Gasteiger partial charge in [0.1, 0.15) is 0 Å². The van der Waals surface area contributed by atoms with Crippen LogP contribution in [0.1, 0.15) is 27.9 Å². The fraction of sp³-hybridized carbons (Fsp3) is 0.231. The van der Waals surface area contributed by atoms with Crippen LogP contribution in [0.15, 0.2) is 12.1 Å². The number of aryl methyl sites for hydroxylation is 2. The third-order valence-electron chi connectivity index (χ3n) is 2.69. The van der Waals surface area contributed by atoms with Gasteiger partial charge < -0.3 is 0 Å². The van der Waals surface area contributed by atoms with Gasteiger partial charge in [-0.2, -0.15) is 0 Å². The Bertz CT molecular complexity index is 647. The number of rotatable bonds is 3. The van der Waals surface area contributed by atoms with Crippen LogP contribution in [-0.2, 0) is 6.42 Å². The minimum Gasteiger partial charge on any atom is -0.298 e. The van der Waals surface area contributed by atoms with E-state index in [1.807, 2.05) is 13.8 Å². The van der Waals surface area contributed by atoms with Gasteiger partial charge in [-0.3, -0.25) is 10.1 Å². The zero-order chi connectivity index (χ0) is 14.9. The summed E-state index contributed by atoms with van der Waals surface area (Å²) >= 11 is 1.27. The van der Waals surface area contributed by atoms with Crippen LogP contribution in [0.2, 0.25) is 0 Å². The molecule has 0 bridgehead atoms. The number of carbonyl (C=O) groups excluding carboxylic acids is 1. The van der Waals surface area contributed by atoms with Crippen LogP contribution in [0, 0.1) is 24.4 Å². The number of nitrogens with zero attached hydrogens (tertiary/aromatic N) is 1. The van der Waals surface area contributed by atoms with E-state index in [1.165, 1.54) is 11.3 Å². The van der Waals surface area contributed by atoms with Gasteiger partial charge in [0.2, 0.25) is 0 Å². The molecular formula is C13H11F3N2OS. The van der Waals surface area contributed by atoms with Crippen LogP contribution in [0.25, 0.3) is 0 Å². The Hall–Kier alpha value is -1.89. The van der Waals surface area contributed by atoms with E-state index in [1.54, 1.807) is 0 Å². The maximum atomic E-state index is 13.1. The van der Waals surface area contributed by atoms with Crippen LogP contribution in [0.5, 0.6) is 0 Å². The molecule has 0 unspecified atom stereocenters. The van der Waals surface area contributed by atoms with Crippen molar-refractivity contribution >= 4 is 22.4 Å². The van der Waals surface area contributed by atoms with E-state index in [2.05, 4.69) is 10.3 Å². The van der Waals surface area contributed by atoms with E-state index in [0.29, 0.717) is 17.3 Å². The molecule has 0 aliphatic rings. The molecule has 0 aliphatic carbocycles. The van der Waals surface area contributed by atoms with Crippen molar-refractivity contribution in [3.05, 3.63) is 45.7 Å². The predicted molar refractivity (Wildman–Crippen MR) is 70.5 cm³/mol. The molecule has 106 valence electrons. The lowest BCUT2D eigenvalue weighted by Crippen LogP contribution is -2.13. The van der Waals surface area contributed by atoms with Crippen molar-refractivity contribution in [3.63, 3.8) is 0 Å². The number of aromatic nitrogens is 1. The van der Waals surface area contributed by atoms with Gasteiger partial charge in [0.15, 0.2) is 22.6 Å². The molecule has 1 N–H and O–H groups in total. The third kappa shape index (κ3) is 2.82. The number of anilines is 1. The summed E-state index contributed by atoms with van der Waals surface area (Å²) in [5, 5.41) is 2.78. The second-order valence-electron chi connectivity index (χ2n) is 4.08. The first-order valence-electron chi connectivity index (χ1n) is 5.84. The lowest BCUT2D eigenvalue weighted by molar-refractivity contribution is 0.102. The summed E-state index contributed by atoms with van der Waals surface area (Å²) in [6, 6.07) is 1.30. The molecule has 7 heteroatoms. The van der Waals surface area contributed by atoms with Gasteiger partial charge in [0, 0.05) is 10.4 Å². The summed E-state index contributed by atoms with van der Waals surface area (Å²) in [5.74, 6) is -5.14. The Morgan fingerprint density at radius 3 is 2.40 bits per heavy atom. The first kappa shape index (κ1) is 14.5. The van der Waals surface area contributed by atoms with E-state index in [0.717, 1.165) is 17.0 Å². The van der Waals surface area contributed by atoms with Gasteiger partial charge in [-0.05, 0) is 25.5 Å². The van der Waals surface area contributed by atoms with Gasteiger partial charge >= 0.3 is 0 Å².